The molecular formula is C10H9NO6. The standard InChI is InChI=1S/C10H9NO6/c12-8(5-9(13)10(14)15)6-2-1-3-7(4-6)11(16)17/h1-4,9,13H,5H2,(H,14,15)/t9-/m1/s1. The molecule has 1 atom stereocenters. The highest BCUT2D eigenvalue weighted by Crippen LogP contribution is 2.15. The lowest BCUT2D eigenvalue weighted by molar-refractivity contribution is -0.384. The number of aliphatic carboxylic acids is 1. The second-order valence-electron chi connectivity index (χ2n) is 3.29. The predicted molar refractivity (Wildman–Crippen MR) is 55.7 cm³/mol. The topological polar surface area (TPSA) is 118 Å². The van der Waals surface area contributed by atoms with Gasteiger partial charge in [-0.25, -0.2) is 4.79 Å². The van der Waals surface area contributed by atoms with Gasteiger partial charge in [-0.2, -0.15) is 0 Å². The van der Waals surface area contributed by atoms with E-state index in [4.69, 9.17) is 10.2 Å². The molecule has 0 fully saturated rings. The molecule has 0 spiro atoms. The van der Waals surface area contributed by atoms with Crippen LogP contribution < -0.4 is 0 Å². The van der Waals surface area contributed by atoms with Crippen molar-refractivity contribution in [1.29, 1.82) is 0 Å². The fraction of sp³-hybridized carbons (Fsp3) is 0.200. The lowest BCUT2D eigenvalue weighted by Crippen LogP contribution is -2.23. The number of Topliss-reactive ketones (excluding diaryl/α,β-unsaturated/α-hetero) is 1. The van der Waals surface area contributed by atoms with Gasteiger partial charge in [0.05, 0.1) is 4.92 Å². The highest BCUT2D eigenvalue weighted by Gasteiger charge is 2.20. The van der Waals surface area contributed by atoms with E-state index < -0.39 is 29.2 Å². The molecule has 0 saturated carbocycles. The second-order valence-corrected chi connectivity index (χ2v) is 3.29. The molecule has 0 amide bonds. The Morgan fingerprint density at radius 2 is 2.06 bits per heavy atom. The predicted octanol–water partition coefficient (Wildman–Crippen LogP) is 0.613. The van der Waals surface area contributed by atoms with Crippen LogP contribution in [0, 0.1) is 10.1 Å². The van der Waals surface area contributed by atoms with Crippen LogP contribution in [-0.4, -0.2) is 33.0 Å². The fourth-order valence-electron chi connectivity index (χ4n) is 1.17. The number of aliphatic hydroxyl groups is 1. The number of nitro benzene ring substituents is 1. The van der Waals surface area contributed by atoms with Crippen LogP contribution in [0.1, 0.15) is 16.8 Å². The number of carbonyl (C=O) groups is 2. The second kappa shape index (κ2) is 5.17. The Morgan fingerprint density at radius 1 is 1.41 bits per heavy atom. The van der Waals surface area contributed by atoms with E-state index in [1.807, 2.05) is 0 Å². The van der Waals surface area contributed by atoms with Gasteiger partial charge in [0.25, 0.3) is 5.69 Å². The van der Waals surface area contributed by atoms with Crippen molar-refractivity contribution < 1.29 is 24.7 Å². The van der Waals surface area contributed by atoms with Crippen molar-refractivity contribution in [2.45, 2.75) is 12.5 Å². The zero-order valence-electron chi connectivity index (χ0n) is 8.57. The smallest absolute Gasteiger partial charge is 0.332 e. The third kappa shape index (κ3) is 3.35. The molecule has 0 heterocycles. The minimum Gasteiger partial charge on any atom is -0.479 e. The molecule has 0 radical (unpaired) electrons. The number of carboxylic acids is 1. The van der Waals surface area contributed by atoms with E-state index in [1.54, 1.807) is 0 Å². The minimum atomic E-state index is -1.80. The number of aliphatic hydroxyl groups excluding tert-OH is 1. The van der Waals surface area contributed by atoms with Gasteiger partial charge in [0, 0.05) is 24.1 Å². The molecule has 0 saturated heterocycles. The van der Waals surface area contributed by atoms with E-state index in [0.29, 0.717) is 0 Å². The highest BCUT2D eigenvalue weighted by molar-refractivity contribution is 5.98. The summed E-state index contributed by atoms with van der Waals surface area (Å²) >= 11 is 0. The zero-order chi connectivity index (χ0) is 13.0. The molecule has 1 rings (SSSR count). The van der Waals surface area contributed by atoms with Gasteiger partial charge in [-0.1, -0.05) is 12.1 Å². The van der Waals surface area contributed by atoms with Crippen molar-refractivity contribution in [2.24, 2.45) is 0 Å². The monoisotopic (exact) mass is 239 g/mol. The van der Waals surface area contributed by atoms with E-state index in [9.17, 15) is 19.7 Å². The van der Waals surface area contributed by atoms with Crippen LogP contribution in [0.2, 0.25) is 0 Å². The summed E-state index contributed by atoms with van der Waals surface area (Å²) in [4.78, 5) is 31.6. The Morgan fingerprint density at radius 3 is 2.59 bits per heavy atom. The number of hydrogen-bond donors (Lipinski definition) is 2. The first-order valence-corrected chi connectivity index (χ1v) is 4.60. The average Bonchev–Trinajstić information content (AvgIpc) is 2.28. The molecule has 1 aromatic carbocycles. The minimum absolute atomic E-state index is 0.000463. The number of benzene rings is 1. The number of hydrogen-bond acceptors (Lipinski definition) is 5. The quantitative estimate of drug-likeness (QED) is 0.441. The Labute approximate surface area is 95.5 Å². The van der Waals surface area contributed by atoms with Crippen molar-refractivity contribution in [3.05, 3.63) is 39.9 Å². The summed E-state index contributed by atoms with van der Waals surface area (Å²) in [5, 5.41) is 27.8. The Kier molecular flexibility index (Phi) is 3.89. The third-order valence-corrected chi connectivity index (χ3v) is 2.04. The first-order valence-electron chi connectivity index (χ1n) is 4.60. The van der Waals surface area contributed by atoms with Gasteiger partial charge in [-0.05, 0) is 0 Å². The van der Waals surface area contributed by atoms with E-state index in [2.05, 4.69) is 0 Å². The first-order chi connectivity index (χ1) is 7.91. The molecule has 1 aromatic rings. The molecular weight excluding hydrogens is 230 g/mol. The van der Waals surface area contributed by atoms with Crippen molar-refractivity contribution in [3.8, 4) is 0 Å². The number of ketones is 1. The molecule has 7 nitrogen and oxygen atoms in total. The van der Waals surface area contributed by atoms with Gasteiger partial charge in [0.15, 0.2) is 11.9 Å². The van der Waals surface area contributed by atoms with Crippen LogP contribution in [0.4, 0.5) is 5.69 Å². The largest absolute Gasteiger partial charge is 0.479 e. The van der Waals surface area contributed by atoms with Crippen molar-refractivity contribution in [1.82, 2.24) is 0 Å². The van der Waals surface area contributed by atoms with Crippen LogP contribution in [-0.2, 0) is 4.79 Å². The van der Waals surface area contributed by atoms with Crippen LogP contribution >= 0.6 is 0 Å². The lowest BCUT2D eigenvalue weighted by Gasteiger charge is -2.04. The summed E-state index contributed by atoms with van der Waals surface area (Å²) < 4.78 is 0. The number of rotatable bonds is 5. The van der Waals surface area contributed by atoms with E-state index in [0.717, 1.165) is 6.07 Å². The number of nitrogens with zero attached hydrogens (tertiary/aromatic N) is 1. The maximum absolute atomic E-state index is 11.5. The Bertz CT molecular complexity index is 470. The first kappa shape index (κ1) is 12.8. The average molecular weight is 239 g/mol. The molecule has 7 heteroatoms. The van der Waals surface area contributed by atoms with Gasteiger partial charge in [0.2, 0.25) is 0 Å². The summed E-state index contributed by atoms with van der Waals surface area (Å²) in [5.74, 6) is -2.17. The zero-order valence-corrected chi connectivity index (χ0v) is 8.57. The van der Waals surface area contributed by atoms with E-state index >= 15 is 0 Å². The number of carbonyl (C=O) groups excluding carboxylic acids is 1. The number of carboxylic acid groups (broad SMARTS) is 1. The molecule has 0 aliphatic rings. The van der Waals surface area contributed by atoms with Gasteiger partial charge in [-0.15, -0.1) is 0 Å². The molecule has 0 aliphatic carbocycles. The molecule has 2 N–H and O–H groups in total. The summed E-state index contributed by atoms with van der Waals surface area (Å²) in [6.45, 7) is 0. The molecule has 17 heavy (non-hydrogen) atoms. The van der Waals surface area contributed by atoms with Gasteiger partial charge in [-0.3, -0.25) is 14.9 Å². The van der Waals surface area contributed by atoms with E-state index in [1.165, 1.54) is 18.2 Å². The fourth-order valence-corrected chi connectivity index (χ4v) is 1.17. The van der Waals surface area contributed by atoms with Crippen LogP contribution in [0.3, 0.4) is 0 Å². The summed E-state index contributed by atoms with van der Waals surface area (Å²) in [6, 6.07) is 4.89. The van der Waals surface area contributed by atoms with Gasteiger partial charge < -0.3 is 10.2 Å². The van der Waals surface area contributed by atoms with Crippen LogP contribution in [0.15, 0.2) is 24.3 Å². The summed E-state index contributed by atoms with van der Waals surface area (Å²) in [5.41, 5.74) is -0.264. The van der Waals surface area contributed by atoms with Crippen molar-refractivity contribution >= 4 is 17.4 Å². The number of nitro groups is 1. The number of non-ortho nitro benzene ring substituents is 1. The third-order valence-electron chi connectivity index (χ3n) is 2.04. The van der Waals surface area contributed by atoms with Crippen molar-refractivity contribution in [2.75, 3.05) is 0 Å². The Hall–Kier alpha value is -2.28. The molecule has 0 unspecified atom stereocenters. The lowest BCUT2D eigenvalue weighted by atomic mass is 10.0. The Balaban J connectivity index is 2.86. The van der Waals surface area contributed by atoms with Crippen LogP contribution in [0.25, 0.3) is 0 Å². The maximum Gasteiger partial charge on any atom is 0.332 e. The summed E-state index contributed by atoms with van der Waals surface area (Å²) in [7, 11) is 0. The molecule has 0 aromatic heterocycles. The molecule has 90 valence electrons. The SMILES string of the molecule is O=C(C[C@@H](O)C(=O)O)c1cccc([N+](=O)[O-])c1. The van der Waals surface area contributed by atoms with Crippen molar-refractivity contribution in [3.63, 3.8) is 0 Å². The molecule has 0 bridgehead atoms. The van der Waals surface area contributed by atoms with Crippen LogP contribution in [0.5, 0.6) is 0 Å². The summed E-state index contributed by atoms with van der Waals surface area (Å²) in [6.07, 6.45) is -2.42. The van der Waals surface area contributed by atoms with Gasteiger partial charge in [0.1, 0.15) is 0 Å². The highest BCUT2D eigenvalue weighted by atomic mass is 16.6. The molecule has 0 aliphatic heterocycles. The van der Waals surface area contributed by atoms with Gasteiger partial charge >= 0.3 is 5.97 Å². The maximum atomic E-state index is 11.5. The van der Waals surface area contributed by atoms with E-state index in [-0.39, 0.29) is 11.3 Å². The normalized spacial score (nSPS) is 11.8.